The molecule has 136 valence electrons. The molecule has 1 saturated carbocycles. The van der Waals surface area contributed by atoms with Crippen LogP contribution in [-0.4, -0.2) is 42.3 Å². The van der Waals surface area contributed by atoms with Crippen molar-refractivity contribution in [1.29, 1.82) is 0 Å². The van der Waals surface area contributed by atoms with Gasteiger partial charge in [0.2, 0.25) is 17.7 Å². The van der Waals surface area contributed by atoms with E-state index in [1.165, 1.54) is 10.4 Å². The number of amides is 3. The van der Waals surface area contributed by atoms with E-state index in [0.29, 0.717) is 19.5 Å². The molecule has 0 radical (unpaired) electrons. The number of fused-ring (bicyclic) bond motifs is 1. The van der Waals surface area contributed by atoms with Gasteiger partial charge in [0.1, 0.15) is 0 Å². The van der Waals surface area contributed by atoms with Crippen LogP contribution in [0.5, 0.6) is 0 Å². The monoisotopic (exact) mass is 363 g/mol. The number of nitrogens with zero attached hydrogens (tertiary/aromatic N) is 1. The minimum absolute atomic E-state index is 0.00843. The van der Waals surface area contributed by atoms with E-state index in [2.05, 4.69) is 22.1 Å². The van der Waals surface area contributed by atoms with Crippen molar-refractivity contribution >= 4 is 29.1 Å². The quantitative estimate of drug-likeness (QED) is 0.803. The van der Waals surface area contributed by atoms with Crippen LogP contribution in [0.3, 0.4) is 0 Å². The maximum Gasteiger partial charge on any atom is 0.239 e. The highest BCUT2D eigenvalue weighted by molar-refractivity contribution is 7.10. The fraction of sp³-hybridized carbons (Fsp3) is 0.611. The summed E-state index contributed by atoms with van der Waals surface area (Å²) in [7, 11) is 0. The van der Waals surface area contributed by atoms with Gasteiger partial charge in [-0.1, -0.05) is 12.8 Å². The van der Waals surface area contributed by atoms with Gasteiger partial charge in [0.05, 0.1) is 6.54 Å². The van der Waals surface area contributed by atoms with Gasteiger partial charge in [-0.25, -0.2) is 0 Å². The molecule has 0 spiro atoms. The molecule has 2 heterocycles. The minimum Gasteiger partial charge on any atom is -0.354 e. The highest BCUT2D eigenvalue weighted by Gasteiger charge is 2.23. The third-order valence-corrected chi connectivity index (χ3v) is 5.99. The third kappa shape index (κ3) is 4.81. The summed E-state index contributed by atoms with van der Waals surface area (Å²) in [4.78, 5) is 39.1. The van der Waals surface area contributed by atoms with Gasteiger partial charge in [0, 0.05) is 36.9 Å². The van der Waals surface area contributed by atoms with Crippen molar-refractivity contribution in [2.45, 2.75) is 45.1 Å². The molecule has 0 saturated heterocycles. The van der Waals surface area contributed by atoms with E-state index in [1.807, 2.05) is 4.90 Å². The van der Waals surface area contributed by atoms with Crippen LogP contribution in [-0.2, 0) is 27.3 Å². The average molecular weight is 363 g/mol. The van der Waals surface area contributed by atoms with Crippen molar-refractivity contribution in [2.75, 3.05) is 19.6 Å². The van der Waals surface area contributed by atoms with Gasteiger partial charge in [-0.2, -0.15) is 0 Å². The summed E-state index contributed by atoms with van der Waals surface area (Å²) in [6, 6.07) is 2.08. The first-order chi connectivity index (χ1) is 12.1. The molecule has 25 heavy (non-hydrogen) atoms. The zero-order valence-electron chi connectivity index (χ0n) is 14.4. The summed E-state index contributed by atoms with van der Waals surface area (Å²) in [6.07, 6.45) is 5.24. The number of rotatable bonds is 6. The molecule has 2 aliphatic rings. The van der Waals surface area contributed by atoms with Gasteiger partial charge in [0.15, 0.2) is 0 Å². The lowest BCUT2D eigenvalue weighted by molar-refractivity contribution is -0.132. The normalized spacial score (nSPS) is 17.2. The Balaban J connectivity index is 1.31. The van der Waals surface area contributed by atoms with Crippen LogP contribution in [0.1, 0.15) is 42.5 Å². The van der Waals surface area contributed by atoms with Crippen molar-refractivity contribution in [3.05, 3.63) is 21.9 Å². The van der Waals surface area contributed by atoms with Crippen molar-refractivity contribution in [1.82, 2.24) is 15.5 Å². The summed E-state index contributed by atoms with van der Waals surface area (Å²) in [6.45, 7) is 1.72. The van der Waals surface area contributed by atoms with Gasteiger partial charge >= 0.3 is 0 Å². The number of hydrogen-bond acceptors (Lipinski definition) is 4. The van der Waals surface area contributed by atoms with Crippen LogP contribution in [0, 0.1) is 5.92 Å². The third-order valence-electron chi connectivity index (χ3n) is 4.97. The first-order valence-corrected chi connectivity index (χ1v) is 9.89. The highest BCUT2D eigenvalue weighted by Crippen LogP contribution is 2.25. The Morgan fingerprint density at radius 3 is 2.80 bits per heavy atom. The molecule has 3 amide bonds. The summed E-state index contributed by atoms with van der Waals surface area (Å²) >= 11 is 1.75. The Morgan fingerprint density at radius 2 is 2.00 bits per heavy atom. The largest absolute Gasteiger partial charge is 0.354 e. The van der Waals surface area contributed by atoms with Crippen LogP contribution in [0.15, 0.2) is 11.4 Å². The number of nitrogens with one attached hydrogen (secondary N) is 2. The lowest BCUT2D eigenvalue weighted by Gasteiger charge is -2.27. The Morgan fingerprint density at radius 1 is 1.20 bits per heavy atom. The van der Waals surface area contributed by atoms with Gasteiger partial charge in [-0.3, -0.25) is 14.4 Å². The number of thiophene rings is 1. The van der Waals surface area contributed by atoms with E-state index in [0.717, 1.165) is 38.6 Å². The van der Waals surface area contributed by atoms with Gasteiger partial charge < -0.3 is 15.5 Å². The molecule has 0 atom stereocenters. The standard InChI is InChI=1S/C18H25N3O3S/c22-16(11-20-18(24)13-3-1-2-4-13)19-8-5-17(23)21-9-6-15-14(12-21)7-10-25-15/h7,10,13H,1-6,8-9,11-12H2,(H,19,22)(H,20,24). The summed E-state index contributed by atoms with van der Waals surface area (Å²) in [5, 5.41) is 7.47. The lowest BCUT2D eigenvalue weighted by atomic mass is 10.1. The Bertz CT molecular complexity index is 637. The molecule has 6 nitrogen and oxygen atoms in total. The number of carbonyl (C=O) groups excluding carboxylic acids is 3. The molecular formula is C18H25N3O3S. The molecule has 1 aliphatic carbocycles. The average Bonchev–Trinajstić information content (AvgIpc) is 3.30. The van der Waals surface area contributed by atoms with Crippen LogP contribution in [0.25, 0.3) is 0 Å². The SMILES string of the molecule is O=C(CNC(=O)C1CCCC1)NCCC(=O)N1CCc2sccc2C1. The van der Waals surface area contributed by atoms with E-state index < -0.39 is 0 Å². The second-order valence-corrected chi connectivity index (χ2v) is 7.73. The molecule has 0 bridgehead atoms. The first kappa shape index (κ1) is 17.9. The summed E-state index contributed by atoms with van der Waals surface area (Å²) < 4.78 is 0. The van der Waals surface area contributed by atoms with Gasteiger partial charge in [-0.15, -0.1) is 11.3 Å². The zero-order chi connectivity index (χ0) is 17.6. The second kappa shape index (κ2) is 8.47. The Kier molecular flexibility index (Phi) is 6.07. The fourth-order valence-corrected chi connectivity index (χ4v) is 4.38. The molecular weight excluding hydrogens is 338 g/mol. The molecule has 1 aromatic heterocycles. The van der Waals surface area contributed by atoms with Crippen LogP contribution in [0.2, 0.25) is 0 Å². The maximum atomic E-state index is 12.3. The van der Waals surface area contributed by atoms with Crippen LogP contribution in [0.4, 0.5) is 0 Å². The minimum atomic E-state index is -0.238. The van der Waals surface area contributed by atoms with E-state index in [4.69, 9.17) is 0 Å². The van der Waals surface area contributed by atoms with E-state index in [1.54, 1.807) is 11.3 Å². The molecule has 7 heteroatoms. The molecule has 1 aliphatic heterocycles. The Labute approximate surface area is 152 Å². The van der Waals surface area contributed by atoms with Crippen molar-refractivity contribution in [3.63, 3.8) is 0 Å². The number of hydrogen-bond donors (Lipinski definition) is 2. The molecule has 1 aromatic rings. The van der Waals surface area contributed by atoms with Crippen molar-refractivity contribution in [3.8, 4) is 0 Å². The maximum absolute atomic E-state index is 12.3. The summed E-state index contributed by atoms with van der Waals surface area (Å²) in [5.41, 5.74) is 1.24. The zero-order valence-corrected chi connectivity index (χ0v) is 15.2. The molecule has 0 aromatic carbocycles. The predicted molar refractivity (Wildman–Crippen MR) is 96.0 cm³/mol. The topological polar surface area (TPSA) is 78.5 Å². The smallest absolute Gasteiger partial charge is 0.239 e. The molecule has 1 fully saturated rings. The van der Waals surface area contributed by atoms with E-state index in [9.17, 15) is 14.4 Å². The van der Waals surface area contributed by atoms with Crippen molar-refractivity contribution < 1.29 is 14.4 Å². The fourth-order valence-electron chi connectivity index (χ4n) is 3.49. The predicted octanol–water partition coefficient (Wildman–Crippen LogP) is 1.45. The van der Waals surface area contributed by atoms with Crippen molar-refractivity contribution in [2.24, 2.45) is 5.92 Å². The Hall–Kier alpha value is -1.89. The van der Waals surface area contributed by atoms with Gasteiger partial charge in [-0.05, 0) is 36.3 Å². The summed E-state index contributed by atoms with van der Waals surface area (Å²) in [5.74, 6) is -0.135. The molecule has 2 N–H and O–H groups in total. The van der Waals surface area contributed by atoms with Crippen LogP contribution < -0.4 is 10.6 Å². The highest BCUT2D eigenvalue weighted by atomic mass is 32.1. The molecule has 3 rings (SSSR count). The lowest BCUT2D eigenvalue weighted by Crippen LogP contribution is -2.41. The van der Waals surface area contributed by atoms with Gasteiger partial charge in [0.25, 0.3) is 0 Å². The number of carbonyl (C=O) groups is 3. The van der Waals surface area contributed by atoms with Crippen LogP contribution >= 0.6 is 11.3 Å². The second-order valence-electron chi connectivity index (χ2n) is 6.73. The van der Waals surface area contributed by atoms with E-state index >= 15 is 0 Å². The first-order valence-electron chi connectivity index (χ1n) is 9.01. The van der Waals surface area contributed by atoms with E-state index in [-0.39, 0.29) is 30.2 Å². The molecule has 0 unspecified atom stereocenters.